The number of nitrogen functional groups attached to an aromatic ring is 1. The molecule has 0 aliphatic heterocycles. The first-order valence-corrected chi connectivity index (χ1v) is 9.83. The Balaban J connectivity index is 1.58. The standard InChI is InChI=1S/C23H22N6O2/c1-3-31-23(30)16-9-11-17(12-10-16)28-21-19(24)22(26-13-25-21)29-18-6-4-5-15-8-7-14(2)27-20(15)18/h4-13H,3,24H2,1-2H3,(H2,25,26,28,29). The molecule has 2 aromatic heterocycles. The van der Waals surface area contributed by atoms with Crippen molar-refractivity contribution < 1.29 is 9.53 Å². The van der Waals surface area contributed by atoms with Crippen molar-refractivity contribution in [3.05, 3.63) is 72.2 Å². The van der Waals surface area contributed by atoms with Gasteiger partial charge < -0.3 is 21.1 Å². The largest absolute Gasteiger partial charge is 0.462 e. The highest BCUT2D eigenvalue weighted by Crippen LogP contribution is 2.30. The maximum absolute atomic E-state index is 11.8. The molecule has 4 rings (SSSR count). The van der Waals surface area contributed by atoms with Crippen molar-refractivity contribution in [2.45, 2.75) is 13.8 Å². The normalized spacial score (nSPS) is 10.6. The number of carbonyl (C=O) groups is 1. The van der Waals surface area contributed by atoms with Gasteiger partial charge in [-0.2, -0.15) is 0 Å². The van der Waals surface area contributed by atoms with Crippen molar-refractivity contribution in [2.75, 3.05) is 23.0 Å². The molecule has 0 aliphatic rings. The number of nitrogens with zero attached hydrogens (tertiary/aromatic N) is 3. The van der Waals surface area contributed by atoms with Crippen LogP contribution < -0.4 is 16.4 Å². The van der Waals surface area contributed by atoms with E-state index < -0.39 is 0 Å². The Labute approximate surface area is 179 Å². The zero-order valence-corrected chi connectivity index (χ0v) is 17.2. The summed E-state index contributed by atoms with van der Waals surface area (Å²) in [6, 6.07) is 16.8. The van der Waals surface area contributed by atoms with E-state index in [2.05, 4.69) is 25.6 Å². The molecule has 156 valence electrons. The van der Waals surface area contributed by atoms with Crippen LogP contribution in [0.3, 0.4) is 0 Å². The molecule has 0 bridgehead atoms. The lowest BCUT2D eigenvalue weighted by atomic mass is 10.1. The van der Waals surface area contributed by atoms with Gasteiger partial charge in [0.15, 0.2) is 11.6 Å². The van der Waals surface area contributed by atoms with Gasteiger partial charge >= 0.3 is 5.97 Å². The number of aryl methyl sites for hydroxylation is 1. The molecule has 0 spiro atoms. The number of benzene rings is 2. The summed E-state index contributed by atoms with van der Waals surface area (Å²) >= 11 is 0. The Hall–Kier alpha value is -4.20. The zero-order chi connectivity index (χ0) is 21.8. The van der Waals surface area contributed by atoms with E-state index in [0.717, 1.165) is 28.0 Å². The number of aromatic nitrogens is 3. The van der Waals surface area contributed by atoms with Gasteiger partial charge in [-0.05, 0) is 50.2 Å². The first-order valence-electron chi connectivity index (χ1n) is 9.83. The summed E-state index contributed by atoms with van der Waals surface area (Å²) in [7, 11) is 0. The molecule has 0 aliphatic carbocycles. The fraction of sp³-hybridized carbons (Fsp3) is 0.130. The van der Waals surface area contributed by atoms with Crippen LogP contribution in [0, 0.1) is 6.92 Å². The number of esters is 1. The molecule has 2 aromatic carbocycles. The number of fused-ring (bicyclic) bond motifs is 1. The Bertz CT molecular complexity index is 1240. The van der Waals surface area contributed by atoms with E-state index in [4.69, 9.17) is 10.5 Å². The van der Waals surface area contributed by atoms with E-state index in [0.29, 0.717) is 29.5 Å². The van der Waals surface area contributed by atoms with E-state index in [-0.39, 0.29) is 5.97 Å². The molecule has 0 fully saturated rings. The second-order valence-electron chi connectivity index (χ2n) is 6.86. The molecular formula is C23H22N6O2. The van der Waals surface area contributed by atoms with Crippen LogP contribution in [0.1, 0.15) is 23.0 Å². The number of nitrogens with one attached hydrogen (secondary N) is 2. The number of carbonyl (C=O) groups excluding carboxylic acids is 1. The summed E-state index contributed by atoms with van der Waals surface area (Å²) in [4.78, 5) is 25.0. The minimum atomic E-state index is -0.360. The van der Waals surface area contributed by atoms with Crippen LogP contribution >= 0.6 is 0 Å². The van der Waals surface area contributed by atoms with Crippen molar-refractivity contribution in [3.8, 4) is 0 Å². The van der Waals surface area contributed by atoms with Crippen molar-refractivity contribution >= 4 is 45.6 Å². The summed E-state index contributed by atoms with van der Waals surface area (Å²) in [6.07, 6.45) is 1.43. The predicted molar refractivity (Wildman–Crippen MR) is 122 cm³/mol. The number of hydrogen-bond acceptors (Lipinski definition) is 8. The number of anilines is 5. The molecule has 8 heteroatoms. The first kappa shape index (κ1) is 20.1. The van der Waals surface area contributed by atoms with Crippen molar-refractivity contribution in [3.63, 3.8) is 0 Å². The molecule has 2 heterocycles. The van der Waals surface area contributed by atoms with Gasteiger partial charge in [-0.25, -0.2) is 14.8 Å². The smallest absolute Gasteiger partial charge is 0.338 e. The summed E-state index contributed by atoms with van der Waals surface area (Å²) in [5, 5.41) is 7.44. The highest BCUT2D eigenvalue weighted by Gasteiger charge is 2.12. The quantitative estimate of drug-likeness (QED) is 0.393. The van der Waals surface area contributed by atoms with Gasteiger partial charge in [0.1, 0.15) is 12.0 Å². The van der Waals surface area contributed by atoms with Gasteiger partial charge in [0.2, 0.25) is 0 Å². The summed E-state index contributed by atoms with van der Waals surface area (Å²) in [5.41, 5.74) is 10.5. The molecule has 0 unspecified atom stereocenters. The monoisotopic (exact) mass is 414 g/mol. The maximum Gasteiger partial charge on any atom is 0.338 e. The van der Waals surface area contributed by atoms with E-state index in [1.807, 2.05) is 37.3 Å². The lowest BCUT2D eigenvalue weighted by Gasteiger charge is -2.14. The maximum atomic E-state index is 11.8. The zero-order valence-electron chi connectivity index (χ0n) is 17.2. The van der Waals surface area contributed by atoms with E-state index in [9.17, 15) is 4.79 Å². The fourth-order valence-corrected chi connectivity index (χ4v) is 3.11. The summed E-state index contributed by atoms with van der Waals surface area (Å²) < 4.78 is 5.00. The van der Waals surface area contributed by atoms with Gasteiger partial charge in [0.25, 0.3) is 0 Å². The van der Waals surface area contributed by atoms with Gasteiger partial charge in [0, 0.05) is 16.8 Å². The topological polar surface area (TPSA) is 115 Å². The fourth-order valence-electron chi connectivity index (χ4n) is 3.11. The molecule has 0 saturated carbocycles. The molecule has 8 nitrogen and oxygen atoms in total. The second-order valence-corrected chi connectivity index (χ2v) is 6.86. The van der Waals surface area contributed by atoms with Crippen LogP contribution in [-0.2, 0) is 4.74 Å². The molecule has 0 saturated heterocycles. The van der Waals surface area contributed by atoms with Crippen LogP contribution in [0.4, 0.5) is 28.7 Å². The third-order valence-electron chi connectivity index (χ3n) is 4.66. The number of para-hydroxylation sites is 1. The molecule has 4 N–H and O–H groups in total. The lowest BCUT2D eigenvalue weighted by molar-refractivity contribution is 0.0526. The number of hydrogen-bond donors (Lipinski definition) is 3. The Morgan fingerprint density at radius 1 is 1.00 bits per heavy atom. The summed E-state index contributed by atoms with van der Waals surface area (Å²) in [6.45, 7) is 4.05. The van der Waals surface area contributed by atoms with E-state index >= 15 is 0 Å². The van der Waals surface area contributed by atoms with Gasteiger partial charge in [-0.15, -0.1) is 0 Å². The molecule has 0 radical (unpaired) electrons. The van der Waals surface area contributed by atoms with Gasteiger partial charge in [0.05, 0.1) is 23.4 Å². The molecule has 31 heavy (non-hydrogen) atoms. The molecule has 4 aromatic rings. The van der Waals surface area contributed by atoms with Gasteiger partial charge in [-0.3, -0.25) is 4.98 Å². The Morgan fingerprint density at radius 2 is 1.74 bits per heavy atom. The van der Waals surface area contributed by atoms with Crippen LogP contribution in [0.25, 0.3) is 10.9 Å². The number of nitrogens with two attached hydrogens (primary N) is 1. The highest BCUT2D eigenvalue weighted by atomic mass is 16.5. The molecular weight excluding hydrogens is 392 g/mol. The van der Waals surface area contributed by atoms with Crippen LogP contribution in [0.5, 0.6) is 0 Å². The third kappa shape index (κ3) is 4.37. The molecule has 0 atom stereocenters. The first-order chi connectivity index (χ1) is 15.0. The average molecular weight is 414 g/mol. The van der Waals surface area contributed by atoms with E-state index in [1.54, 1.807) is 31.2 Å². The summed E-state index contributed by atoms with van der Waals surface area (Å²) in [5.74, 6) is 0.559. The van der Waals surface area contributed by atoms with Crippen LogP contribution in [0.15, 0.2) is 60.9 Å². The van der Waals surface area contributed by atoms with Crippen LogP contribution in [-0.4, -0.2) is 27.5 Å². The highest BCUT2D eigenvalue weighted by molar-refractivity contribution is 5.94. The number of rotatable bonds is 6. The van der Waals surface area contributed by atoms with Gasteiger partial charge in [-0.1, -0.05) is 18.2 Å². The number of ether oxygens (including phenoxy) is 1. The number of pyridine rings is 1. The van der Waals surface area contributed by atoms with Crippen molar-refractivity contribution in [1.29, 1.82) is 0 Å². The van der Waals surface area contributed by atoms with E-state index in [1.165, 1.54) is 6.33 Å². The third-order valence-corrected chi connectivity index (χ3v) is 4.66. The Kier molecular flexibility index (Phi) is 5.61. The Morgan fingerprint density at radius 3 is 2.48 bits per heavy atom. The molecule has 0 amide bonds. The van der Waals surface area contributed by atoms with Crippen molar-refractivity contribution in [1.82, 2.24) is 15.0 Å². The lowest BCUT2D eigenvalue weighted by Crippen LogP contribution is -2.06. The minimum absolute atomic E-state index is 0.331. The van der Waals surface area contributed by atoms with Crippen LogP contribution in [0.2, 0.25) is 0 Å². The SMILES string of the molecule is CCOC(=O)c1ccc(Nc2ncnc(Nc3cccc4ccc(C)nc34)c2N)cc1. The minimum Gasteiger partial charge on any atom is -0.462 e. The van der Waals surface area contributed by atoms with Crippen molar-refractivity contribution in [2.24, 2.45) is 0 Å². The second kappa shape index (κ2) is 8.66. The average Bonchev–Trinajstić information content (AvgIpc) is 2.77. The predicted octanol–water partition coefficient (Wildman–Crippen LogP) is 4.58.